The van der Waals surface area contributed by atoms with Gasteiger partial charge in [-0.2, -0.15) is 0 Å². The molecule has 1 aliphatic rings. The summed E-state index contributed by atoms with van der Waals surface area (Å²) in [6.07, 6.45) is 17.2. The molecule has 0 aliphatic heterocycles. The second kappa shape index (κ2) is 12.4. The van der Waals surface area contributed by atoms with Crippen molar-refractivity contribution in [2.45, 2.75) is 40.5 Å². The second-order valence-corrected chi connectivity index (χ2v) is 6.90. The van der Waals surface area contributed by atoms with Gasteiger partial charge in [-0.1, -0.05) is 137 Å². The third kappa shape index (κ3) is 6.19. The molecule has 0 saturated carbocycles. The molecule has 2 aromatic carbocycles. The monoisotopic (exact) mass is 396 g/mol. The number of benzene rings is 2. The quantitative estimate of drug-likeness (QED) is 0.443. The van der Waals surface area contributed by atoms with Crippen LogP contribution in [0.25, 0.3) is 5.57 Å². The highest BCUT2D eigenvalue weighted by atomic mass is 14.3. The van der Waals surface area contributed by atoms with E-state index in [0.717, 1.165) is 5.57 Å². The van der Waals surface area contributed by atoms with Crippen molar-refractivity contribution in [1.82, 2.24) is 0 Å². The molecule has 156 valence electrons. The van der Waals surface area contributed by atoms with Crippen LogP contribution in [-0.4, -0.2) is 0 Å². The summed E-state index contributed by atoms with van der Waals surface area (Å²) in [5, 5.41) is 0. The number of hydrogen-bond donors (Lipinski definition) is 0. The molecule has 0 nitrogen and oxygen atoms in total. The third-order valence-electron chi connectivity index (χ3n) is 4.88. The van der Waals surface area contributed by atoms with Gasteiger partial charge in [0.25, 0.3) is 0 Å². The summed E-state index contributed by atoms with van der Waals surface area (Å²) in [4.78, 5) is 0. The minimum absolute atomic E-state index is 0. The molecule has 3 rings (SSSR count). The molecule has 1 atom stereocenters. The van der Waals surface area contributed by atoms with Crippen LogP contribution in [-0.2, 0) is 5.41 Å². The molecule has 30 heavy (non-hydrogen) atoms. The summed E-state index contributed by atoms with van der Waals surface area (Å²) >= 11 is 0. The summed E-state index contributed by atoms with van der Waals surface area (Å²) in [5.41, 5.74) is 5.80. The Morgan fingerprint density at radius 2 is 1.47 bits per heavy atom. The van der Waals surface area contributed by atoms with Crippen LogP contribution >= 0.6 is 0 Å². The van der Waals surface area contributed by atoms with Crippen LogP contribution < -0.4 is 0 Å². The molecule has 0 bridgehead atoms. The Kier molecular flexibility index (Phi) is 10.3. The first kappa shape index (κ1) is 24.9. The number of allylic oxidation sites excluding steroid dienone is 11. The lowest BCUT2D eigenvalue weighted by Crippen LogP contribution is -2.16. The van der Waals surface area contributed by atoms with Gasteiger partial charge >= 0.3 is 0 Å². The molecule has 1 aliphatic carbocycles. The van der Waals surface area contributed by atoms with Crippen molar-refractivity contribution in [3.63, 3.8) is 0 Å². The van der Waals surface area contributed by atoms with E-state index < -0.39 is 0 Å². The van der Waals surface area contributed by atoms with Crippen molar-refractivity contribution in [2.24, 2.45) is 0 Å². The molecule has 2 aromatic rings. The van der Waals surface area contributed by atoms with Crippen LogP contribution in [0.4, 0.5) is 0 Å². The predicted octanol–water partition coefficient (Wildman–Crippen LogP) is 8.87. The van der Waals surface area contributed by atoms with Crippen LogP contribution in [0.3, 0.4) is 0 Å². The van der Waals surface area contributed by atoms with Gasteiger partial charge in [0.15, 0.2) is 0 Å². The minimum atomic E-state index is -0.219. The van der Waals surface area contributed by atoms with Crippen molar-refractivity contribution in [1.29, 1.82) is 0 Å². The highest BCUT2D eigenvalue weighted by molar-refractivity contribution is 5.78. The maximum atomic E-state index is 4.02. The lowest BCUT2D eigenvalue weighted by Gasteiger charge is -2.24. The average Bonchev–Trinajstić information content (AvgIpc) is 2.97. The summed E-state index contributed by atoms with van der Waals surface area (Å²) in [5.74, 6) is 0. The van der Waals surface area contributed by atoms with Gasteiger partial charge in [-0.15, -0.1) is 0 Å². The van der Waals surface area contributed by atoms with Gasteiger partial charge < -0.3 is 0 Å². The van der Waals surface area contributed by atoms with Crippen molar-refractivity contribution >= 4 is 5.57 Å². The zero-order valence-electron chi connectivity index (χ0n) is 18.1. The van der Waals surface area contributed by atoms with E-state index in [1.165, 1.54) is 22.3 Å². The van der Waals surface area contributed by atoms with Gasteiger partial charge in [-0.3, -0.25) is 0 Å². The molecule has 0 saturated heterocycles. The van der Waals surface area contributed by atoms with E-state index >= 15 is 0 Å². The van der Waals surface area contributed by atoms with Gasteiger partial charge in [0.05, 0.1) is 0 Å². The molecule has 1 unspecified atom stereocenters. The zero-order valence-corrected chi connectivity index (χ0v) is 18.1. The van der Waals surface area contributed by atoms with E-state index in [2.05, 4.69) is 111 Å². The summed E-state index contributed by atoms with van der Waals surface area (Å²) in [7, 11) is 0. The van der Waals surface area contributed by atoms with Crippen molar-refractivity contribution < 1.29 is 0 Å². The van der Waals surface area contributed by atoms with E-state index in [9.17, 15) is 0 Å². The van der Waals surface area contributed by atoms with Gasteiger partial charge in [0.1, 0.15) is 0 Å². The normalized spacial score (nSPS) is 18.3. The largest absolute Gasteiger partial charge is 0.0984 e. The molecule has 0 amide bonds. The smallest absolute Gasteiger partial charge is 0.0301 e. The Balaban J connectivity index is 0.00000146. The first-order valence-corrected chi connectivity index (χ1v) is 10.4. The van der Waals surface area contributed by atoms with Gasteiger partial charge in [0, 0.05) is 5.41 Å². The van der Waals surface area contributed by atoms with Crippen molar-refractivity contribution in [3.8, 4) is 0 Å². The van der Waals surface area contributed by atoms with E-state index in [4.69, 9.17) is 0 Å². The second-order valence-electron chi connectivity index (χ2n) is 6.90. The van der Waals surface area contributed by atoms with E-state index in [1.54, 1.807) is 0 Å². The van der Waals surface area contributed by atoms with Gasteiger partial charge in [-0.05, 0) is 41.7 Å². The first-order chi connectivity index (χ1) is 14.2. The van der Waals surface area contributed by atoms with Crippen LogP contribution in [0, 0.1) is 0 Å². The fraction of sp³-hybridized carbons (Fsp3) is 0.200. The lowest BCUT2D eigenvalue weighted by atomic mass is 9.79. The Morgan fingerprint density at radius 3 is 2.03 bits per heavy atom. The van der Waals surface area contributed by atoms with Crippen molar-refractivity contribution in [3.05, 3.63) is 138 Å². The highest BCUT2D eigenvalue weighted by Crippen LogP contribution is 2.36. The Hall–Kier alpha value is -3.12. The van der Waals surface area contributed by atoms with E-state index in [0.29, 0.717) is 0 Å². The highest BCUT2D eigenvalue weighted by Gasteiger charge is 2.24. The minimum Gasteiger partial charge on any atom is -0.0984 e. The summed E-state index contributed by atoms with van der Waals surface area (Å²) in [6, 6.07) is 21.2. The van der Waals surface area contributed by atoms with Crippen LogP contribution in [0.2, 0.25) is 0 Å². The molecule has 0 heterocycles. The third-order valence-corrected chi connectivity index (χ3v) is 4.88. The molecule has 0 N–H and O–H groups in total. The molecule has 0 aromatic heterocycles. The zero-order chi connectivity index (χ0) is 21.1. The molecule has 0 fully saturated rings. The fourth-order valence-corrected chi connectivity index (χ4v) is 3.40. The Morgan fingerprint density at radius 1 is 0.867 bits per heavy atom. The van der Waals surface area contributed by atoms with E-state index in [1.807, 2.05) is 32.9 Å². The maximum absolute atomic E-state index is 4.02. The topological polar surface area (TPSA) is 0 Å². The lowest BCUT2D eigenvalue weighted by molar-refractivity contribution is 0.757. The molecule has 0 heteroatoms. The Labute approximate surface area is 184 Å². The van der Waals surface area contributed by atoms with Crippen LogP contribution in [0.5, 0.6) is 0 Å². The van der Waals surface area contributed by atoms with Gasteiger partial charge in [0.2, 0.25) is 0 Å². The molecular weight excluding hydrogens is 360 g/mol. The number of hydrogen-bond acceptors (Lipinski definition) is 0. The predicted molar refractivity (Wildman–Crippen MR) is 137 cm³/mol. The number of rotatable bonds is 5. The van der Waals surface area contributed by atoms with Crippen LogP contribution in [0.1, 0.15) is 46.2 Å². The van der Waals surface area contributed by atoms with Crippen molar-refractivity contribution in [2.75, 3.05) is 0 Å². The van der Waals surface area contributed by atoms with Crippen LogP contribution in [0.15, 0.2) is 127 Å². The summed E-state index contributed by atoms with van der Waals surface area (Å²) in [6.45, 7) is 12.3. The Bertz CT molecular complexity index is 934. The summed E-state index contributed by atoms with van der Waals surface area (Å²) < 4.78 is 0. The molecule has 0 spiro atoms. The van der Waals surface area contributed by atoms with Gasteiger partial charge in [-0.25, -0.2) is 0 Å². The SMILES string of the molecule is C.C=C/C(=C\C=C/C)C1=CC(C)(c2ccccc2)C=C(c2ccccc2)C=C1.CC. The first-order valence-electron chi connectivity index (χ1n) is 10.4. The average molecular weight is 397 g/mol. The molecular formula is C30H36. The molecule has 0 radical (unpaired) electrons. The maximum Gasteiger partial charge on any atom is 0.0301 e. The standard InChI is InChI=1S/C27H26.C2H6.CH4/c1-4-6-13-22(5-2)24-18-19-25(23-14-9-7-10-15-23)21-27(3,20-24)26-16-11-8-12-17-26;1-2;/h4-21H,2H2,1,3H3;1-2H3;1H4/b6-4-,22-13+;;. The fourth-order valence-electron chi connectivity index (χ4n) is 3.40. The van der Waals surface area contributed by atoms with E-state index in [-0.39, 0.29) is 12.8 Å².